The fourth-order valence-electron chi connectivity index (χ4n) is 2.06. The zero-order valence-corrected chi connectivity index (χ0v) is 14.5. The van der Waals surface area contributed by atoms with Crippen LogP contribution >= 0.6 is 0 Å². The molecule has 11 heteroatoms. The summed E-state index contributed by atoms with van der Waals surface area (Å²) in [5.74, 6) is -1.54. The highest BCUT2D eigenvalue weighted by Crippen LogP contribution is 2.37. The zero-order valence-electron chi connectivity index (χ0n) is 14.5. The first-order valence-corrected chi connectivity index (χ1v) is 7.50. The molecule has 0 fully saturated rings. The van der Waals surface area contributed by atoms with Crippen LogP contribution in [-0.4, -0.2) is 22.8 Å². The van der Waals surface area contributed by atoms with E-state index in [1.165, 1.54) is 20.8 Å². The SMILES string of the molecule is CC(C)(C)OC(=O)N[C@H](CC(=O)O)c1cc(C(F)(F)F)cc(C(F)(F)F)c1. The standard InChI is InChI=1S/C16H17F6NO4/c1-14(2,3)27-13(26)23-11(7-12(24)25)8-4-9(15(17,18)19)6-10(5-8)16(20,21)22/h4-6,11H,7H2,1-3H3,(H,23,26)(H,24,25)/t11-/m1/s1. The molecule has 0 saturated carbocycles. The molecule has 1 aromatic carbocycles. The first kappa shape index (κ1) is 22.6. The van der Waals surface area contributed by atoms with Crippen LogP contribution < -0.4 is 5.32 Å². The molecule has 1 aromatic rings. The Bertz CT molecular complexity index is 674. The van der Waals surface area contributed by atoms with Crippen LogP contribution in [0.5, 0.6) is 0 Å². The number of benzene rings is 1. The summed E-state index contributed by atoms with van der Waals surface area (Å²) in [5, 5.41) is 10.9. The molecule has 1 rings (SSSR count). The Morgan fingerprint density at radius 2 is 1.44 bits per heavy atom. The van der Waals surface area contributed by atoms with Gasteiger partial charge in [0.05, 0.1) is 23.6 Å². The van der Waals surface area contributed by atoms with Gasteiger partial charge in [-0.05, 0) is 44.5 Å². The third-order valence-electron chi connectivity index (χ3n) is 3.08. The van der Waals surface area contributed by atoms with Crippen molar-refractivity contribution in [2.45, 2.75) is 51.2 Å². The van der Waals surface area contributed by atoms with Crippen molar-refractivity contribution in [3.8, 4) is 0 Å². The smallest absolute Gasteiger partial charge is 0.416 e. The number of nitrogens with one attached hydrogen (secondary N) is 1. The van der Waals surface area contributed by atoms with Crippen molar-refractivity contribution >= 4 is 12.1 Å². The van der Waals surface area contributed by atoms with E-state index in [4.69, 9.17) is 9.84 Å². The Morgan fingerprint density at radius 3 is 1.78 bits per heavy atom. The number of alkyl carbamates (subject to hydrolysis) is 1. The third-order valence-corrected chi connectivity index (χ3v) is 3.08. The van der Waals surface area contributed by atoms with Crippen LogP contribution in [0.25, 0.3) is 0 Å². The van der Waals surface area contributed by atoms with E-state index in [0.717, 1.165) is 0 Å². The van der Waals surface area contributed by atoms with Gasteiger partial charge in [0.25, 0.3) is 0 Å². The summed E-state index contributed by atoms with van der Waals surface area (Å²) in [7, 11) is 0. The molecule has 27 heavy (non-hydrogen) atoms. The largest absolute Gasteiger partial charge is 0.481 e. The van der Waals surface area contributed by atoms with Gasteiger partial charge in [-0.2, -0.15) is 26.3 Å². The normalized spacial score (nSPS) is 13.8. The zero-order chi connectivity index (χ0) is 21.2. The molecule has 152 valence electrons. The average molecular weight is 401 g/mol. The maximum Gasteiger partial charge on any atom is 0.416 e. The number of amides is 1. The highest BCUT2D eigenvalue weighted by Gasteiger charge is 2.38. The second-order valence-electron chi connectivity index (χ2n) is 6.64. The van der Waals surface area contributed by atoms with Gasteiger partial charge in [-0.15, -0.1) is 0 Å². The lowest BCUT2D eigenvalue weighted by Gasteiger charge is -2.24. The van der Waals surface area contributed by atoms with Crippen LogP contribution in [0.2, 0.25) is 0 Å². The van der Waals surface area contributed by atoms with Gasteiger partial charge in [-0.3, -0.25) is 4.79 Å². The fourth-order valence-corrected chi connectivity index (χ4v) is 2.06. The molecule has 2 N–H and O–H groups in total. The van der Waals surface area contributed by atoms with Gasteiger partial charge in [0, 0.05) is 0 Å². The highest BCUT2D eigenvalue weighted by atomic mass is 19.4. The number of alkyl halides is 6. The lowest BCUT2D eigenvalue weighted by molar-refractivity contribution is -0.143. The van der Waals surface area contributed by atoms with Gasteiger partial charge >= 0.3 is 24.4 Å². The van der Waals surface area contributed by atoms with E-state index in [0.29, 0.717) is 12.1 Å². The minimum absolute atomic E-state index is 0.0885. The molecule has 0 bridgehead atoms. The minimum Gasteiger partial charge on any atom is -0.481 e. The molecule has 0 heterocycles. The Morgan fingerprint density at radius 1 is 1.00 bits per heavy atom. The van der Waals surface area contributed by atoms with Crippen LogP contribution in [0, 0.1) is 0 Å². The Labute approximate surface area is 150 Å². The van der Waals surface area contributed by atoms with Crippen molar-refractivity contribution in [1.29, 1.82) is 0 Å². The summed E-state index contributed by atoms with van der Waals surface area (Å²) >= 11 is 0. The van der Waals surface area contributed by atoms with E-state index in [-0.39, 0.29) is 6.07 Å². The van der Waals surface area contributed by atoms with Crippen LogP contribution in [-0.2, 0) is 21.9 Å². The fraction of sp³-hybridized carbons (Fsp3) is 0.500. The number of aliphatic carboxylic acids is 1. The molecular weight excluding hydrogens is 384 g/mol. The molecule has 5 nitrogen and oxygen atoms in total. The summed E-state index contributed by atoms with van der Waals surface area (Å²) in [5.41, 5.74) is -4.91. The Balaban J connectivity index is 3.39. The van der Waals surface area contributed by atoms with Crippen molar-refractivity contribution in [3.05, 3.63) is 34.9 Å². The quantitative estimate of drug-likeness (QED) is 0.713. The van der Waals surface area contributed by atoms with Gasteiger partial charge in [0.1, 0.15) is 5.60 Å². The predicted molar refractivity (Wildman–Crippen MR) is 80.8 cm³/mol. The summed E-state index contributed by atoms with van der Waals surface area (Å²) in [6.07, 6.45) is -12.3. The maximum absolute atomic E-state index is 13.0. The second kappa shape index (κ2) is 7.65. The van der Waals surface area contributed by atoms with E-state index < -0.39 is 59.2 Å². The number of hydrogen-bond acceptors (Lipinski definition) is 3. The van der Waals surface area contributed by atoms with Gasteiger partial charge in [-0.25, -0.2) is 4.79 Å². The number of carboxylic acid groups (broad SMARTS) is 1. The molecule has 0 aliphatic rings. The Kier molecular flexibility index (Phi) is 6.40. The number of halogens is 6. The molecule has 0 radical (unpaired) electrons. The molecule has 0 unspecified atom stereocenters. The van der Waals surface area contributed by atoms with Crippen molar-refractivity contribution in [3.63, 3.8) is 0 Å². The summed E-state index contributed by atoms with van der Waals surface area (Å²) in [6.45, 7) is 4.43. The number of hydrogen-bond donors (Lipinski definition) is 2. The first-order chi connectivity index (χ1) is 12.0. The van der Waals surface area contributed by atoms with Crippen molar-refractivity contribution in [1.82, 2.24) is 5.32 Å². The summed E-state index contributed by atoms with van der Waals surface area (Å²) in [4.78, 5) is 22.8. The van der Waals surface area contributed by atoms with E-state index >= 15 is 0 Å². The monoisotopic (exact) mass is 401 g/mol. The van der Waals surface area contributed by atoms with Gasteiger partial charge < -0.3 is 15.2 Å². The molecule has 1 atom stereocenters. The lowest BCUT2D eigenvalue weighted by atomic mass is 9.97. The van der Waals surface area contributed by atoms with Gasteiger partial charge in [0.2, 0.25) is 0 Å². The van der Waals surface area contributed by atoms with E-state index in [2.05, 4.69) is 0 Å². The lowest BCUT2D eigenvalue weighted by Crippen LogP contribution is -2.36. The second-order valence-corrected chi connectivity index (χ2v) is 6.64. The van der Waals surface area contributed by atoms with Crippen molar-refractivity contribution < 1.29 is 45.8 Å². The minimum atomic E-state index is -5.10. The highest BCUT2D eigenvalue weighted by molar-refractivity contribution is 5.72. The molecular formula is C16H17F6NO4. The van der Waals surface area contributed by atoms with Gasteiger partial charge in [-0.1, -0.05) is 0 Å². The van der Waals surface area contributed by atoms with E-state index in [1.807, 2.05) is 5.32 Å². The predicted octanol–water partition coefficient (Wildman–Crippen LogP) is 4.76. The maximum atomic E-state index is 13.0. The summed E-state index contributed by atoms with van der Waals surface area (Å²) in [6, 6.07) is -1.03. The van der Waals surface area contributed by atoms with Crippen LogP contribution in [0.3, 0.4) is 0 Å². The Hall–Kier alpha value is -2.46. The number of carboxylic acids is 1. The number of carbonyl (C=O) groups is 2. The summed E-state index contributed by atoms with van der Waals surface area (Å²) < 4.78 is 82.6. The van der Waals surface area contributed by atoms with Crippen LogP contribution in [0.15, 0.2) is 18.2 Å². The molecule has 0 aliphatic carbocycles. The van der Waals surface area contributed by atoms with Gasteiger partial charge in [0.15, 0.2) is 0 Å². The van der Waals surface area contributed by atoms with E-state index in [1.54, 1.807) is 0 Å². The number of rotatable bonds is 4. The molecule has 0 aromatic heterocycles. The molecule has 0 spiro atoms. The topological polar surface area (TPSA) is 75.6 Å². The molecule has 1 amide bonds. The van der Waals surface area contributed by atoms with Crippen LogP contribution in [0.1, 0.15) is 49.9 Å². The molecule has 0 saturated heterocycles. The van der Waals surface area contributed by atoms with Crippen LogP contribution in [0.4, 0.5) is 31.1 Å². The van der Waals surface area contributed by atoms with Crippen molar-refractivity contribution in [2.24, 2.45) is 0 Å². The molecule has 0 aliphatic heterocycles. The third kappa shape index (κ3) is 7.35. The first-order valence-electron chi connectivity index (χ1n) is 7.50. The average Bonchev–Trinajstić information content (AvgIpc) is 2.41. The number of carbonyl (C=O) groups excluding carboxylic acids is 1. The number of ether oxygens (including phenoxy) is 1. The van der Waals surface area contributed by atoms with E-state index in [9.17, 15) is 35.9 Å². The van der Waals surface area contributed by atoms with Crippen molar-refractivity contribution in [2.75, 3.05) is 0 Å².